The number of fused-ring (bicyclic) bond motifs is 1. The van der Waals surface area contributed by atoms with Gasteiger partial charge >= 0.3 is 0 Å². The Hall–Kier alpha value is -1.35. The number of nitrogens with one attached hydrogen (secondary N) is 1. The number of hydrogen-bond donors (Lipinski definition) is 1. The van der Waals surface area contributed by atoms with Gasteiger partial charge in [-0.2, -0.15) is 0 Å². The van der Waals surface area contributed by atoms with Crippen molar-refractivity contribution in [2.75, 3.05) is 13.1 Å². The summed E-state index contributed by atoms with van der Waals surface area (Å²) < 4.78 is 5.82. The largest absolute Gasteiger partial charge is 0.440 e. The van der Waals surface area contributed by atoms with E-state index in [1.54, 1.807) is 0 Å². The Kier molecular flexibility index (Phi) is 2.62. The summed E-state index contributed by atoms with van der Waals surface area (Å²) >= 11 is 0. The van der Waals surface area contributed by atoms with Gasteiger partial charge in [-0.3, -0.25) is 0 Å². The molecule has 2 aromatic rings. The van der Waals surface area contributed by atoms with E-state index in [-0.39, 0.29) is 0 Å². The highest BCUT2D eigenvalue weighted by atomic mass is 16.3. The standard InChI is InChI=1S/C13H16N2O/c1-2-6-12-11(5-1)15-13(16-12)10-4-3-8-14-9-7-10/h1-2,5-6,10,14H,3-4,7-9H2. The van der Waals surface area contributed by atoms with Crippen molar-refractivity contribution in [1.82, 2.24) is 10.3 Å². The molecule has 0 bridgehead atoms. The molecule has 3 nitrogen and oxygen atoms in total. The second-order valence-electron chi connectivity index (χ2n) is 4.40. The van der Waals surface area contributed by atoms with E-state index in [0.717, 1.165) is 36.5 Å². The molecule has 0 aliphatic carbocycles. The highest BCUT2D eigenvalue weighted by molar-refractivity contribution is 5.72. The second-order valence-corrected chi connectivity index (χ2v) is 4.40. The molecule has 1 aromatic heterocycles. The van der Waals surface area contributed by atoms with Gasteiger partial charge in [-0.05, 0) is 44.5 Å². The molecule has 1 aliphatic rings. The van der Waals surface area contributed by atoms with Gasteiger partial charge in [-0.25, -0.2) is 4.98 Å². The number of benzene rings is 1. The molecule has 1 fully saturated rings. The van der Waals surface area contributed by atoms with Gasteiger partial charge in [-0.15, -0.1) is 0 Å². The van der Waals surface area contributed by atoms with Gasteiger partial charge in [0.05, 0.1) is 0 Å². The van der Waals surface area contributed by atoms with Crippen LogP contribution in [0.4, 0.5) is 0 Å². The van der Waals surface area contributed by atoms with E-state index in [2.05, 4.69) is 10.3 Å². The van der Waals surface area contributed by atoms with Crippen molar-refractivity contribution in [3.63, 3.8) is 0 Å². The molecular formula is C13H16N2O. The van der Waals surface area contributed by atoms with Crippen LogP contribution in [0.1, 0.15) is 31.1 Å². The van der Waals surface area contributed by atoms with Crippen LogP contribution in [-0.2, 0) is 0 Å². The average Bonchev–Trinajstić information content (AvgIpc) is 2.56. The van der Waals surface area contributed by atoms with Crippen LogP contribution in [0, 0.1) is 0 Å². The van der Waals surface area contributed by atoms with Gasteiger partial charge in [0.2, 0.25) is 0 Å². The Morgan fingerprint density at radius 1 is 1.19 bits per heavy atom. The average molecular weight is 216 g/mol. The Bertz CT molecular complexity index is 436. The molecular weight excluding hydrogens is 200 g/mol. The van der Waals surface area contributed by atoms with Gasteiger partial charge in [0.25, 0.3) is 0 Å². The number of oxazole rings is 1. The highest BCUT2D eigenvalue weighted by Crippen LogP contribution is 2.28. The van der Waals surface area contributed by atoms with Gasteiger partial charge in [0.15, 0.2) is 11.5 Å². The third-order valence-corrected chi connectivity index (χ3v) is 3.24. The molecule has 0 spiro atoms. The summed E-state index contributed by atoms with van der Waals surface area (Å²) in [7, 11) is 0. The summed E-state index contributed by atoms with van der Waals surface area (Å²) in [6.45, 7) is 2.19. The molecule has 1 aromatic carbocycles. The predicted octanol–water partition coefficient (Wildman–Crippen LogP) is 2.68. The predicted molar refractivity (Wildman–Crippen MR) is 63.5 cm³/mol. The van der Waals surface area contributed by atoms with Crippen LogP contribution in [0.2, 0.25) is 0 Å². The van der Waals surface area contributed by atoms with Crippen molar-refractivity contribution in [1.29, 1.82) is 0 Å². The minimum absolute atomic E-state index is 0.488. The maximum atomic E-state index is 5.82. The van der Waals surface area contributed by atoms with E-state index >= 15 is 0 Å². The SMILES string of the molecule is c1ccc2oc(C3CCCNCC3)nc2c1. The normalized spacial score (nSPS) is 22.1. The summed E-state index contributed by atoms with van der Waals surface area (Å²) in [6, 6.07) is 7.99. The molecule has 2 heterocycles. The first kappa shape index (κ1) is 9.85. The molecule has 1 aliphatic heterocycles. The quantitative estimate of drug-likeness (QED) is 0.796. The lowest BCUT2D eigenvalue weighted by atomic mass is 10.0. The third-order valence-electron chi connectivity index (χ3n) is 3.24. The first-order valence-electron chi connectivity index (χ1n) is 6.00. The molecule has 3 rings (SSSR count). The Morgan fingerprint density at radius 3 is 3.06 bits per heavy atom. The summed E-state index contributed by atoms with van der Waals surface area (Å²) in [6.07, 6.45) is 3.52. The lowest BCUT2D eigenvalue weighted by Gasteiger charge is -2.07. The van der Waals surface area contributed by atoms with Crippen molar-refractivity contribution in [2.24, 2.45) is 0 Å². The first-order chi connectivity index (χ1) is 7.93. The maximum absolute atomic E-state index is 5.82. The third kappa shape index (κ3) is 1.83. The molecule has 1 unspecified atom stereocenters. The molecule has 84 valence electrons. The van der Waals surface area contributed by atoms with E-state index in [0.29, 0.717) is 5.92 Å². The van der Waals surface area contributed by atoms with E-state index in [1.165, 1.54) is 12.8 Å². The van der Waals surface area contributed by atoms with Crippen molar-refractivity contribution in [3.05, 3.63) is 30.2 Å². The fourth-order valence-electron chi connectivity index (χ4n) is 2.33. The van der Waals surface area contributed by atoms with Gasteiger partial charge in [0.1, 0.15) is 5.52 Å². The fourth-order valence-corrected chi connectivity index (χ4v) is 2.33. The zero-order chi connectivity index (χ0) is 10.8. The molecule has 1 N–H and O–H groups in total. The number of aromatic nitrogens is 1. The van der Waals surface area contributed by atoms with Crippen LogP contribution in [0.5, 0.6) is 0 Å². The smallest absolute Gasteiger partial charge is 0.198 e. The maximum Gasteiger partial charge on any atom is 0.198 e. The first-order valence-corrected chi connectivity index (χ1v) is 6.00. The molecule has 0 saturated carbocycles. The lowest BCUT2D eigenvalue weighted by molar-refractivity contribution is 0.444. The fraction of sp³-hybridized carbons (Fsp3) is 0.462. The van der Waals surface area contributed by atoms with Crippen molar-refractivity contribution in [2.45, 2.75) is 25.2 Å². The molecule has 1 atom stereocenters. The van der Waals surface area contributed by atoms with Gasteiger partial charge in [0, 0.05) is 5.92 Å². The molecule has 0 amide bonds. The lowest BCUT2D eigenvalue weighted by Crippen LogP contribution is -2.13. The van der Waals surface area contributed by atoms with Crippen LogP contribution in [0.25, 0.3) is 11.1 Å². The van der Waals surface area contributed by atoms with Crippen LogP contribution in [0.15, 0.2) is 28.7 Å². The number of hydrogen-bond acceptors (Lipinski definition) is 3. The van der Waals surface area contributed by atoms with Crippen molar-refractivity contribution in [3.8, 4) is 0 Å². The summed E-state index contributed by atoms with van der Waals surface area (Å²) in [5.74, 6) is 1.41. The Balaban J connectivity index is 1.92. The zero-order valence-corrected chi connectivity index (χ0v) is 9.28. The number of nitrogens with zero attached hydrogens (tertiary/aromatic N) is 1. The number of rotatable bonds is 1. The zero-order valence-electron chi connectivity index (χ0n) is 9.28. The summed E-state index contributed by atoms with van der Waals surface area (Å²) in [5, 5.41) is 3.41. The molecule has 1 saturated heterocycles. The van der Waals surface area contributed by atoms with E-state index in [4.69, 9.17) is 4.42 Å². The Morgan fingerprint density at radius 2 is 2.12 bits per heavy atom. The van der Waals surface area contributed by atoms with Crippen LogP contribution < -0.4 is 5.32 Å². The van der Waals surface area contributed by atoms with Gasteiger partial charge in [-0.1, -0.05) is 12.1 Å². The molecule has 16 heavy (non-hydrogen) atoms. The van der Waals surface area contributed by atoms with Crippen LogP contribution >= 0.6 is 0 Å². The van der Waals surface area contributed by atoms with Crippen molar-refractivity contribution >= 4 is 11.1 Å². The topological polar surface area (TPSA) is 38.1 Å². The monoisotopic (exact) mass is 216 g/mol. The molecule has 0 radical (unpaired) electrons. The minimum Gasteiger partial charge on any atom is -0.440 e. The number of para-hydroxylation sites is 2. The minimum atomic E-state index is 0.488. The molecule has 3 heteroatoms. The second kappa shape index (κ2) is 4.26. The van der Waals surface area contributed by atoms with E-state index in [1.807, 2.05) is 24.3 Å². The highest BCUT2D eigenvalue weighted by Gasteiger charge is 2.19. The summed E-state index contributed by atoms with van der Waals surface area (Å²) in [4.78, 5) is 4.58. The van der Waals surface area contributed by atoms with Crippen molar-refractivity contribution < 1.29 is 4.42 Å². The Labute approximate surface area is 94.9 Å². The van der Waals surface area contributed by atoms with Gasteiger partial charge < -0.3 is 9.73 Å². The van der Waals surface area contributed by atoms with E-state index < -0.39 is 0 Å². The summed E-state index contributed by atoms with van der Waals surface area (Å²) in [5.41, 5.74) is 1.89. The van der Waals surface area contributed by atoms with Crippen LogP contribution in [-0.4, -0.2) is 18.1 Å². The van der Waals surface area contributed by atoms with Crippen LogP contribution in [0.3, 0.4) is 0 Å². The van der Waals surface area contributed by atoms with E-state index in [9.17, 15) is 0 Å².